The summed E-state index contributed by atoms with van der Waals surface area (Å²) in [6.45, 7) is 0. The van der Waals surface area contributed by atoms with Crippen molar-refractivity contribution in [2.45, 2.75) is 6.42 Å². The van der Waals surface area contributed by atoms with E-state index in [2.05, 4.69) is 24.5 Å². The van der Waals surface area contributed by atoms with E-state index in [1.54, 1.807) is 19.2 Å². The van der Waals surface area contributed by atoms with Crippen LogP contribution in [-0.4, -0.2) is 12.9 Å². The Hall–Kier alpha value is -0.980. The van der Waals surface area contributed by atoms with Crippen molar-refractivity contribution in [2.24, 2.45) is 0 Å². The first kappa shape index (κ1) is 12.1. The van der Waals surface area contributed by atoms with Gasteiger partial charge >= 0.3 is 0 Å². The van der Waals surface area contributed by atoms with Crippen LogP contribution >= 0.6 is 24.2 Å². The Bertz CT molecular complexity index is 409. The molecule has 0 saturated carbocycles. The molecule has 1 aromatic rings. The molecule has 1 aromatic carbocycles. The van der Waals surface area contributed by atoms with Gasteiger partial charge in [0.1, 0.15) is 5.75 Å². The van der Waals surface area contributed by atoms with Gasteiger partial charge in [-0.25, -0.2) is 0 Å². The Balaban J connectivity index is 3.04. The summed E-state index contributed by atoms with van der Waals surface area (Å²) in [7, 11) is 1.56. The predicted molar refractivity (Wildman–Crippen MR) is 67.8 cm³/mol. The lowest BCUT2D eigenvalue weighted by Crippen LogP contribution is -1.93. The van der Waals surface area contributed by atoms with Crippen molar-refractivity contribution in [3.05, 3.63) is 22.7 Å². The van der Waals surface area contributed by atoms with Gasteiger partial charge < -0.3 is 10.5 Å². The van der Waals surface area contributed by atoms with E-state index in [0.29, 0.717) is 16.5 Å². The van der Waals surface area contributed by atoms with Crippen LogP contribution in [0, 0.1) is 11.8 Å². The standard InChI is InChI=1S/C11H12ClNOS/c1-14-11-6-8(4-2-3-5-15)9(12)7-10(11)13/h6-7,15H,3,5,13H2,1H3. The molecule has 15 heavy (non-hydrogen) atoms. The molecule has 0 saturated heterocycles. The Morgan fingerprint density at radius 3 is 2.87 bits per heavy atom. The highest BCUT2D eigenvalue weighted by Gasteiger charge is 2.04. The fourth-order valence-electron chi connectivity index (χ4n) is 1.05. The van der Waals surface area contributed by atoms with Crippen molar-refractivity contribution in [2.75, 3.05) is 18.6 Å². The lowest BCUT2D eigenvalue weighted by molar-refractivity contribution is 0.417. The second-order valence-electron chi connectivity index (χ2n) is 2.85. The second-order valence-corrected chi connectivity index (χ2v) is 3.70. The van der Waals surface area contributed by atoms with Gasteiger partial charge in [0, 0.05) is 17.7 Å². The van der Waals surface area contributed by atoms with Gasteiger partial charge in [-0.05, 0) is 12.1 Å². The Labute approximate surface area is 100 Å². The Morgan fingerprint density at radius 2 is 2.27 bits per heavy atom. The molecular weight excluding hydrogens is 230 g/mol. The van der Waals surface area contributed by atoms with Crippen LogP contribution in [0.25, 0.3) is 0 Å². The third-order valence-corrected chi connectivity index (χ3v) is 2.32. The number of hydrogen-bond acceptors (Lipinski definition) is 3. The monoisotopic (exact) mass is 241 g/mol. The van der Waals surface area contributed by atoms with Crippen LogP contribution in [0.3, 0.4) is 0 Å². The first-order valence-corrected chi connectivity index (χ1v) is 5.42. The van der Waals surface area contributed by atoms with Crippen LogP contribution in [0.2, 0.25) is 5.02 Å². The smallest absolute Gasteiger partial charge is 0.143 e. The zero-order chi connectivity index (χ0) is 11.3. The molecule has 0 aliphatic heterocycles. The minimum Gasteiger partial charge on any atom is -0.495 e. The van der Waals surface area contributed by atoms with Gasteiger partial charge in [-0.2, -0.15) is 12.6 Å². The zero-order valence-electron chi connectivity index (χ0n) is 8.38. The molecule has 4 heteroatoms. The molecular formula is C11H12ClNOS. The van der Waals surface area contributed by atoms with Gasteiger partial charge in [-0.15, -0.1) is 0 Å². The summed E-state index contributed by atoms with van der Waals surface area (Å²) >= 11 is 10.0. The Kier molecular flexibility index (Phi) is 4.67. The number of thiol groups is 1. The van der Waals surface area contributed by atoms with E-state index < -0.39 is 0 Å². The van der Waals surface area contributed by atoms with Crippen LogP contribution in [0.4, 0.5) is 5.69 Å². The number of hydrogen-bond donors (Lipinski definition) is 2. The molecule has 0 spiro atoms. The number of halogens is 1. The fraction of sp³-hybridized carbons (Fsp3) is 0.273. The fourth-order valence-corrected chi connectivity index (χ4v) is 1.39. The summed E-state index contributed by atoms with van der Waals surface area (Å²) in [4.78, 5) is 0. The van der Waals surface area contributed by atoms with Crippen molar-refractivity contribution in [1.82, 2.24) is 0 Å². The van der Waals surface area contributed by atoms with Gasteiger partial charge in [0.15, 0.2) is 0 Å². The van der Waals surface area contributed by atoms with Gasteiger partial charge in [-0.1, -0.05) is 23.4 Å². The van der Waals surface area contributed by atoms with Crippen molar-refractivity contribution >= 4 is 29.9 Å². The summed E-state index contributed by atoms with van der Waals surface area (Å²) < 4.78 is 5.08. The SMILES string of the molecule is COc1cc(C#CCCS)c(Cl)cc1N. The molecule has 0 aromatic heterocycles. The van der Waals surface area contributed by atoms with E-state index >= 15 is 0 Å². The molecule has 0 atom stereocenters. The molecule has 0 unspecified atom stereocenters. The molecule has 0 aliphatic carbocycles. The van der Waals surface area contributed by atoms with E-state index in [4.69, 9.17) is 22.1 Å². The summed E-state index contributed by atoms with van der Waals surface area (Å²) in [6.07, 6.45) is 0.728. The molecule has 80 valence electrons. The van der Waals surface area contributed by atoms with Crippen molar-refractivity contribution in [3.8, 4) is 17.6 Å². The average molecular weight is 242 g/mol. The molecule has 1 rings (SSSR count). The third kappa shape index (κ3) is 3.26. The van der Waals surface area contributed by atoms with Crippen molar-refractivity contribution in [1.29, 1.82) is 0 Å². The molecule has 0 bridgehead atoms. The van der Waals surface area contributed by atoms with Crippen LogP contribution in [0.1, 0.15) is 12.0 Å². The minimum absolute atomic E-state index is 0.516. The number of nitrogens with two attached hydrogens (primary N) is 1. The van der Waals surface area contributed by atoms with Gasteiger partial charge in [0.05, 0.1) is 17.8 Å². The molecule has 2 nitrogen and oxygen atoms in total. The third-order valence-electron chi connectivity index (χ3n) is 1.78. The summed E-state index contributed by atoms with van der Waals surface area (Å²) in [5, 5.41) is 0.542. The average Bonchev–Trinajstić information content (AvgIpc) is 2.21. The van der Waals surface area contributed by atoms with Crippen LogP contribution in [-0.2, 0) is 0 Å². The topological polar surface area (TPSA) is 35.2 Å². The van der Waals surface area contributed by atoms with E-state index in [-0.39, 0.29) is 0 Å². The van der Waals surface area contributed by atoms with Crippen LogP contribution in [0.5, 0.6) is 5.75 Å². The number of rotatable bonds is 2. The first-order chi connectivity index (χ1) is 7.19. The highest BCUT2D eigenvalue weighted by atomic mass is 35.5. The summed E-state index contributed by atoms with van der Waals surface area (Å²) in [6, 6.07) is 3.38. The predicted octanol–water partition coefficient (Wildman–Crippen LogP) is 2.60. The first-order valence-electron chi connectivity index (χ1n) is 4.41. The quantitative estimate of drug-likeness (QED) is 0.474. The van der Waals surface area contributed by atoms with Crippen LogP contribution in [0.15, 0.2) is 12.1 Å². The number of nitrogen functional groups attached to an aromatic ring is 1. The molecule has 2 N–H and O–H groups in total. The van der Waals surface area contributed by atoms with E-state index in [1.807, 2.05) is 0 Å². The zero-order valence-corrected chi connectivity index (χ0v) is 10.0. The molecule has 0 heterocycles. The van der Waals surface area contributed by atoms with E-state index in [1.165, 1.54) is 0 Å². The molecule has 0 radical (unpaired) electrons. The van der Waals surface area contributed by atoms with E-state index in [0.717, 1.165) is 17.7 Å². The molecule has 0 fully saturated rings. The number of methoxy groups -OCH3 is 1. The van der Waals surface area contributed by atoms with Crippen molar-refractivity contribution < 1.29 is 4.74 Å². The maximum Gasteiger partial charge on any atom is 0.143 e. The largest absolute Gasteiger partial charge is 0.495 e. The maximum atomic E-state index is 5.98. The van der Waals surface area contributed by atoms with Gasteiger partial charge in [0.25, 0.3) is 0 Å². The summed E-state index contributed by atoms with van der Waals surface area (Å²) in [5.41, 5.74) is 6.93. The van der Waals surface area contributed by atoms with Gasteiger partial charge in [0.2, 0.25) is 0 Å². The van der Waals surface area contributed by atoms with E-state index in [9.17, 15) is 0 Å². The lowest BCUT2D eigenvalue weighted by atomic mass is 10.2. The molecule has 0 amide bonds. The highest BCUT2D eigenvalue weighted by molar-refractivity contribution is 7.80. The van der Waals surface area contributed by atoms with Crippen LogP contribution < -0.4 is 10.5 Å². The molecule has 0 aliphatic rings. The minimum atomic E-state index is 0.516. The van der Waals surface area contributed by atoms with Gasteiger partial charge in [-0.3, -0.25) is 0 Å². The van der Waals surface area contributed by atoms with Crippen molar-refractivity contribution in [3.63, 3.8) is 0 Å². The lowest BCUT2D eigenvalue weighted by Gasteiger charge is -2.05. The summed E-state index contributed by atoms with van der Waals surface area (Å²) in [5.74, 6) is 7.23. The maximum absolute atomic E-state index is 5.98. The highest BCUT2D eigenvalue weighted by Crippen LogP contribution is 2.28. The normalized spacial score (nSPS) is 9.27. The Morgan fingerprint density at radius 1 is 1.53 bits per heavy atom. The number of anilines is 1. The number of benzene rings is 1. The number of ether oxygens (including phenoxy) is 1. The second kappa shape index (κ2) is 5.79.